The quantitative estimate of drug-likeness (QED) is 0.520. The van der Waals surface area contributed by atoms with Crippen molar-refractivity contribution < 1.29 is 14.1 Å². The molecule has 0 saturated heterocycles. The van der Waals surface area contributed by atoms with Crippen molar-refractivity contribution in [3.8, 4) is 0 Å². The highest BCUT2D eigenvalue weighted by Crippen LogP contribution is 2.22. The summed E-state index contributed by atoms with van der Waals surface area (Å²) in [5.41, 5.74) is 0.921. The van der Waals surface area contributed by atoms with Gasteiger partial charge in [-0.25, -0.2) is 4.39 Å². The second-order valence-corrected chi connectivity index (χ2v) is 6.64. The number of nitro groups is 1. The molecule has 8 nitrogen and oxygen atoms in total. The van der Waals surface area contributed by atoms with Crippen molar-refractivity contribution in [3.63, 3.8) is 0 Å². The summed E-state index contributed by atoms with van der Waals surface area (Å²) in [6, 6.07) is 6.31. The minimum absolute atomic E-state index is 0.0863. The third-order valence-corrected chi connectivity index (χ3v) is 4.30. The van der Waals surface area contributed by atoms with Gasteiger partial charge in [-0.15, -0.1) is 0 Å². The molecule has 2 aromatic rings. The summed E-state index contributed by atoms with van der Waals surface area (Å²) in [6.45, 7) is 4.10. The van der Waals surface area contributed by atoms with E-state index in [-0.39, 0.29) is 36.2 Å². The maximum absolute atomic E-state index is 14.0. The van der Waals surface area contributed by atoms with E-state index in [9.17, 15) is 19.3 Å². The van der Waals surface area contributed by atoms with Crippen molar-refractivity contribution in [2.24, 2.45) is 0 Å². The van der Waals surface area contributed by atoms with Gasteiger partial charge in [0.25, 0.3) is 0 Å². The Bertz CT molecular complexity index is 834. The van der Waals surface area contributed by atoms with E-state index in [2.05, 4.69) is 5.10 Å². The number of nitrogens with zero attached hydrogens (tertiary/aromatic N) is 5. The zero-order valence-electron chi connectivity index (χ0n) is 16.0. The number of likely N-dealkylation sites (N-methyl/N-ethyl adjacent to an activating group) is 1. The van der Waals surface area contributed by atoms with Crippen LogP contribution in [0.5, 0.6) is 0 Å². The molecule has 146 valence electrons. The third-order valence-electron chi connectivity index (χ3n) is 4.30. The van der Waals surface area contributed by atoms with Crippen molar-refractivity contribution in [2.45, 2.75) is 26.9 Å². The number of amides is 1. The van der Waals surface area contributed by atoms with E-state index in [4.69, 9.17) is 0 Å². The number of halogens is 1. The molecule has 0 bridgehead atoms. The lowest BCUT2D eigenvalue weighted by molar-refractivity contribution is -0.386. The fraction of sp³-hybridized carbons (Fsp3) is 0.444. The van der Waals surface area contributed by atoms with Crippen LogP contribution in [0.1, 0.15) is 17.0 Å². The van der Waals surface area contributed by atoms with Crippen LogP contribution < -0.4 is 0 Å². The molecule has 0 saturated carbocycles. The molecular formula is C18H24FN5O3. The molecule has 9 heteroatoms. The van der Waals surface area contributed by atoms with Crippen LogP contribution in [0, 0.1) is 29.8 Å². The number of carbonyl (C=O) groups excluding carboxylic acids is 1. The summed E-state index contributed by atoms with van der Waals surface area (Å²) >= 11 is 0. The zero-order valence-corrected chi connectivity index (χ0v) is 16.0. The summed E-state index contributed by atoms with van der Waals surface area (Å²) in [7, 11) is 3.77. The number of aryl methyl sites for hydroxylation is 1. The number of hydrogen-bond donors (Lipinski definition) is 0. The van der Waals surface area contributed by atoms with Crippen LogP contribution in [0.4, 0.5) is 10.1 Å². The minimum Gasteiger partial charge on any atom is -0.335 e. The number of carbonyl (C=O) groups is 1. The zero-order chi connectivity index (χ0) is 20.1. The molecule has 27 heavy (non-hydrogen) atoms. The first-order valence-electron chi connectivity index (χ1n) is 8.55. The van der Waals surface area contributed by atoms with Gasteiger partial charge in [0.05, 0.1) is 4.92 Å². The first kappa shape index (κ1) is 20.5. The van der Waals surface area contributed by atoms with E-state index < -0.39 is 4.92 Å². The second kappa shape index (κ2) is 8.72. The van der Waals surface area contributed by atoms with Gasteiger partial charge in [-0.3, -0.25) is 19.6 Å². The predicted octanol–water partition coefficient (Wildman–Crippen LogP) is 2.14. The molecule has 0 atom stereocenters. The van der Waals surface area contributed by atoms with Gasteiger partial charge in [-0.1, -0.05) is 18.2 Å². The summed E-state index contributed by atoms with van der Waals surface area (Å²) in [5, 5.41) is 15.3. The molecule has 1 aromatic carbocycles. The molecule has 0 aliphatic carbocycles. The van der Waals surface area contributed by atoms with Gasteiger partial charge in [-0.2, -0.15) is 5.10 Å². The van der Waals surface area contributed by atoms with Crippen molar-refractivity contribution >= 4 is 11.6 Å². The van der Waals surface area contributed by atoms with Gasteiger partial charge >= 0.3 is 5.69 Å². The Kier molecular flexibility index (Phi) is 6.62. The molecule has 1 heterocycles. The molecule has 0 spiro atoms. The Labute approximate surface area is 157 Å². The van der Waals surface area contributed by atoms with Crippen LogP contribution >= 0.6 is 0 Å². The topological polar surface area (TPSA) is 84.5 Å². The Hall–Kier alpha value is -2.81. The van der Waals surface area contributed by atoms with Gasteiger partial charge in [0.1, 0.15) is 23.7 Å². The highest BCUT2D eigenvalue weighted by Gasteiger charge is 2.24. The van der Waals surface area contributed by atoms with Crippen LogP contribution in [-0.2, 0) is 17.9 Å². The molecule has 0 aliphatic heterocycles. The number of aromatic nitrogens is 2. The standard InChI is InChI=1S/C18H24FN5O3/c1-13-18(24(26)27)14(2)23(20-13)12-17(25)22(10-9-21(3)4)11-15-7-5-6-8-16(15)19/h5-8H,9-12H2,1-4H3. The predicted molar refractivity (Wildman–Crippen MR) is 98.7 cm³/mol. The summed E-state index contributed by atoms with van der Waals surface area (Å²) in [4.78, 5) is 26.9. The van der Waals surface area contributed by atoms with E-state index >= 15 is 0 Å². The first-order valence-corrected chi connectivity index (χ1v) is 8.55. The molecule has 0 N–H and O–H groups in total. The highest BCUT2D eigenvalue weighted by atomic mass is 19.1. The molecule has 0 radical (unpaired) electrons. The molecule has 0 aliphatic rings. The van der Waals surface area contributed by atoms with Gasteiger partial charge in [-0.05, 0) is 34.0 Å². The first-order chi connectivity index (χ1) is 12.7. The summed E-state index contributed by atoms with van der Waals surface area (Å²) in [5.74, 6) is -0.650. The number of benzene rings is 1. The molecule has 0 fully saturated rings. The maximum Gasteiger partial charge on any atom is 0.312 e. The molecule has 1 aromatic heterocycles. The fourth-order valence-electron chi connectivity index (χ4n) is 2.78. The van der Waals surface area contributed by atoms with E-state index in [1.54, 1.807) is 30.0 Å². The average Bonchev–Trinajstić information content (AvgIpc) is 2.86. The maximum atomic E-state index is 14.0. The number of hydrogen-bond acceptors (Lipinski definition) is 5. The third kappa shape index (κ3) is 5.10. The van der Waals surface area contributed by atoms with E-state index in [1.807, 2.05) is 19.0 Å². The molecule has 0 unspecified atom stereocenters. The summed E-state index contributed by atoms with van der Waals surface area (Å²) in [6.07, 6.45) is 0. The lowest BCUT2D eigenvalue weighted by Gasteiger charge is -2.25. The van der Waals surface area contributed by atoms with Gasteiger partial charge in [0.2, 0.25) is 5.91 Å². The normalized spacial score (nSPS) is 11.0. The van der Waals surface area contributed by atoms with E-state index in [0.29, 0.717) is 24.3 Å². The van der Waals surface area contributed by atoms with Crippen molar-refractivity contribution in [2.75, 3.05) is 27.2 Å². The lowest BCUT2D eigenvalue weighted by Crippen LogP contribution is -2.38. The van der Waals surface area contributed by atoms with Crippen LogP contribution in [-0.4, -0.2) is 57.6 Å². The van der Waals surface area contributed by atoms with Crippen LogP contribution in [0.3, 0.4) is 0 Å². The van der Waals surface area contributed by atoms with Gasteiger partial charge in [0, 0.05) is 25.2 Å². The van der Waals surface area contributed by atoms with Crippen molar-refractivity contribution in [3.05, 3.63) is 57.1 Å². The number of rotatable bonds is 8. The van der Waals surface area contributed by atoms with Crippen LogP contribution in [0.2, 0.25) is 0 Å². The Morgan fingerprint density at radius 2 is 1.93 bits per heavy atom. The largest absolute Gasteiger partial charge is 0.335 e. The Morgan fingerprint density at radius 3 is 2.48 bits per heavy atom. The lowest BCUT2D eigenvalue weighted by atomic mass is 10.2. The minimum atomic E-state index is -0.498. The van der Waals surface area contributed by atoms with E-state index in [1.165, 1.54) is 17.7 Å². The highest BCUT2D eigenvalue weighted by molar-refractivity contribution is 5.76. The monoisotopic (exact) mass is 377 g/mol. The van der Waals surface area contributed by atoms with E-state index in [0.717, 1.165) is 0 Å². The summed E-state index contributed by atoms with van der Waals surface area (Å²) < 4.78 is 15.3. The van der Waals surface area contributed by atoms with Gasteiger partial charge in [0.15, 0.2) is 0 Å². The Morgan fingerprint density at radius 1 is 1.26 bits per heavy atom. The fourth-order valence-corrected chi connectivity index (χ4v) is 2.78. The molecular weight excluding hydrogens is 353 g/mol. The van der Waals surface area contributed by atoms with Crippen molar-refractivity contribution in [1.82, 2.24) is 19.6 Å². The SMILES string of the molecule is Cc1nn(CC(=O)N(CCN(C)C)Cc2ccccc2F)c(C)c1[N+](=O)[O-]. The second-order valence-electron chi connectivity index (χ2n) is 6.64. The van der Waals surface area contributed by atoms with Crippen LogP contribution in [0.25, 0.3) is 0 Å². The van der Waals surface area contributed by atoms with Gasteiger partial charge < -0.3 is 9.80 Å². The molecule has 1 amide bonds. The van der Waals surface area contributed by atoms with Crippen LogP contribution in [0.15, 0.2) is 24.3 Å². The Balaban J connectivity index is 2.22. The molecule has 2 rings (SSSR count). The average molecular weight is 377 g/mol. The van der Waals surface area contributed by atoms with Crippen molar-refractivity contribution in [1.29, 1.82) is 0 Å². The smallest absolute Gasteiger partial charge is 0.312 e.